The molecule has 2 aromatic carbocycles. The van der Waals surface area contributed by atoms with Gasteiger partial charge in [0.1, 0.15) is 5.75 Å². The lowest BCUT2D eigenvalue weighted by molar-refractivity contribution is 0.356. The highest BCUT2D eigenvalue weighted by Crippen LogP contribution is 2.36. The molecule has 0 N–H and O–H groups in total. The second-order valence-corrected chi connectivity index (χ2v) is 5.43. The molecule has 0 aliphatic rings. The third-order valence-corrected chi connectivity index (χ3v) is 4.28. The maximum Gasteiger partial charge on any atom is 0.161 e. The van der Waals surface area contributed by atoms with Crippen molar-refractivity contribution in [2.24, 2.45) is 0 Å². The van der Waals surface area contributed by atoms with Crippen LogP contribution in [-0.2, 0) is 0 Å². The Morgan fingerprint density at radius 1 is 0.696 bits per heavy atom. The van der Waals surface area contributed by atoms with Gasteiger partial charge in [0, 0.05) is 23.0 Å². The summed E-state index contributed by atoms with van der Waals surface area (Å²) in [4.78, 5) is 0. The summed E-state index contributed by atoms with van der Waals surface area (Å²) < 4.78 is 18.4. The Morgan fingerprint density at radius 2 is 1.48 bits per heavy atom. The van der Waals surface area contributed by atoms with Gasteiger partial charge < -0.3 is 18.6 Å². The summed E-state index contributed by atoms with van der Waals surface area (Å²) >= 11 is 0. The zero-order valence-electron chi connectivity index (χ0n) is 13.3. The molecule has 0 unspecified atom stereocenters. The molecule has 0 amide bonds. The van der Waals surface area contributed by atoms with E-state index in [1.54, 1.807) is 21.3 Å². The molecule has 4 nitrogen and oxygen atoms in total. The minimum Gasteiger partial charge on any atom is -0.497 e. The van der Waals surface area contributed by atoms with Crippen molar-refractivity contribution in [1.82, 2.24) is 4.40 Å². The van der Waals surface area contributed by atoms with Gasteiger partial charge in [-0.15, -0.1) is 0 Å². The van der Waals surface area contributed by atoms with Gasteiger partial charge in [0.25, 0.3) is 0 Å². The Morgan fingerprint density at radius 3 is 2.22 bits per heavy atom. The van der Waals surface area contributed by atoms with Crippen molar-refractivity contribution in [3.63, 3.8) is 0 Å². The average Bonchev–Trinajstić information content (AvgIpc) is 2.98. The summed E-state index contributed by atoms with van der Waals surface area (Å²) in [6.07, 6.45) is 2.07. The van der Waals surface area contributed by atoms with Crippen molar-refractivity contribution in [2.45, 2.75) is 0 Å². The van der Waals surface area contributed by atoms with E-state index in [0.717, 1.165) is 39.1 Å². The van der Waals surface area contributed by atoms with Crippen LogP contribution in [0.3, 0.4) is 0 Å². The number of fused-ring (bicyclic) bond motifs is 5. The van der Waals surface area contributed by atoms with E-state index >= 15 is 0 Å². The van der Waals surface area contributed by atoms with Gasteiger partial charge in [0.05, 0.1) is 32.4 Å². The van der Waals surface area contributed by atoms with Crippen molar-refractivity contribution in [3.8, 4) is 17.2 Å². The average molecular weight is 307 g/mol. The number of hydrogen-bond acceptors (Lipinski definition) is 3. The van der Waals surface area contributed by atoms with Crippen LogP contribution in [0.2, 0.25) is 0 Å². The van der Waals surface area contributed by atoms with E-state index in [-0.39, 0.29) is 0 Å². The highest BCUT2D eigenvalue weighted by atomic mass is 16.5. The van der Waals surface area contributed by atoms with Crippen LogP contribution < -0.4 is 14.2 Å². The Labute approximate surface area is 133 Å². The van der Waals surface area contributed by atoms with Crippen LogP contribution in [0.1, 0.15) is 0 Å². The molecule has 23 heavy (non-hydrogen) atoms. The van der Waals surface area contributed by atoms with Crippen LogP contribution in [0.15, 0.2) is 48.7 Å². The number of nitrogens with zero attached hydrogens (tertiary/aromatic N) is 1. The quantitative estimate of drug-likeness (QED) is 0.566. The predicted molar refractivity (Wildman–Crippen MR) is 92.1 cm³/mol. The molecule has 0 spiro atoms. The lowest BCUT2D eigenvalue weighted by Gasteiger charge is -2.10. The van der Waals surface area contributed by atoms with Crippen LogP contribution in [0.4, 0.5) is 0 Å². The first-order chi connectivity index (χ1) is 11.2. The molecule has 0 bridgehead atoms. The van der Waals surface area contributed by atoms with Crippen molar-refractivity contribution < 1.29 is 14.2 Å². The number of hydrogen-bond donors (Lipinski definition) is 0. The van der Waals surface area contributed by atoms with E-state index in [0.29, 0.717) is 0 Å². The van der Waals surface area contributed by atoms with E-state index < -0.39 is 0 Å². The Bertz CT molecular complexity index is 1030. The van der Waals surface area contributed by atoms with Crippen LogP contribution >= 0.6 is 0 Å². The molecule has 2 aromatic heterocycles. The fourth-order valence-corrected chi connectivity index (χ4v) is 3.11. The fraction of sp³-hybridized carbons (Fsp3) is 0.158. The van der Waals surface area contributed by atoms with Gasteiger partial charge in [-0.1, -0.05) is 0 Å². The van der Waals surface area contributed by atoms with E-state index in [1.807, 2.05) is 18.2 Å². The minimum atomic E-state index is 0.732. The molecule has 0 fully saturated rings. The van der Waals surface area contributed by atoms with Crippen molar-refractivity contribution in [2.75, 3.05) is 21.3 Å². The molecule has 0 saturated heterocycles. The summed E-state index contributed by atoms with van der Waals surface area (Å²) in [5.41, 5.74) is 2.25. The Hall–Kier alpha value is -2.88. The van der Waals surface area contributed by atoms with Gasteiger partial charge in [-0.05, 0) is 41.8 Å². The third-order valence-electron chi connectivity index (χ3n) is 4.28. The molecule has 0 atom stereocenters. The molecule has 4 heteroatoms. The molecular weight excluding hydrogens is 290 g/mol. The molecule has 0 saturated carbocycles. The SMILES string of the molecule is COc1ccc2cc3c4cc(OC)c(OC)cc4ccn3c2c1. The molecule has 116 valence electrons. The summed E-state index contributed by atoms with van der Waals surface area (Å²) in [6.45, 7) is 0. The lowest BCUT2D eigenvalue weighted by Crippen LogP contribution is -1.92. The van der Waals surface area contributed by atoms with Crippen LogP contribution in [0, 0.1) is 0 Å². The second-order valence-electron chi connectivity index (χ2n) is 5.43. The minimum absolute atomic E-state index is 0.732. The number of methoxy groups -OCH3 is 3. The number of aromatic nitrogens is 1. The number of rotatable bonds is 3. The molecule has 4 aromatic rings. The standard InChI is InChI=1S/C19H17NO3/c1-21-14-5-4-13-8-17-15-11-19(23-3)18(22-2)9-12(15)6-7-20(17)16(13)10-14/h4-11H,1-3H3. The summed E-state index contributed by atoms with van der Waals surface area (Å²) in [6, 6.07) is 14.4. The van der Waals surface area contributed by atoms with Gasteiger partial charge in [-0.25, -0.2) is 0 Å². The summed E-state index contributed by atoms with van der Waals surface area (Å²) in [5.74, 6) is 2.32. The van der Waals surface area contributed by atoms with Crippen LogP contribution in [0.5, 0.6) is 17.2 Å². The molecule has 0 aliphatic heterocycles. The monoisotopic (exact) mass is 307 g/mol. The first kappa shape index (κ1) is 13.8. The maximum atomic E-state index is 5.45. The van der Waals surface area contributed by atoms with E-state index in [4.69, 9.17) is 14.2 Å². The molecular formula is C19H17NO3. The molecule has 0 aliphatic carbocycles. The molecule has 0 radical (unpaired) electrons. The Balaban J connectivity index is 2.11. The van der Waals surface area contributed by atoms with Gasteiger partial charge in [0.15, 0.2) is 11.5 Å². The predicted octanol–water partition coefficient (Wildman–Crippen LogP) is 4.27. The van der Waals surface area contributed by atoms with E-state index in [2.05, 4.69) is 34.9 Å². The summed E-state index contributed by atoms with van der Waals surface area (Å²) in [7, 11) is 4.99. The highest BCUT2D eigenvalue weighted by molar-refractivity contribution is 6.03. The van der Waals surface area contributed by atoms with Crippen molar-refractivity contribution in [1.29, 1.82) is 0 Å². The van der Waals surface area contributed by atoms with Crippen LogP contribution in [0.25, 0.3) is 27.2 Å². The molecule has 4 rings (SSSR count). The number of benzene rings is 2. The first-order valence-electron chi connectivity index (χ1n) is 7.38. The Kier molecular flexibility index (Phi) is 3.05. The van der Waals surface area contributed by atoms with Gasteiger partial charge >= 0.3 is 0 Å². The first-order valence-corrected chi connectivity index (χ1v) is 7.38. The second kappa shape index (κ2) is 5.09. The summed E-state index contributed by atoms with van der Waals surface area (Å²) in [5, 5.41) is 3.42. The smallest absolute Gasteiger partial charge is 0.161 e. The van der Waals surface area contributed by atoms with Gasteiger partial charge in [-0.2, -0.15) is 0 Å². The van der Waals surface area contributed by atoms with Crippen molar-refractivity contribution >= 4 is 27.2 Å². The van der Waals surface area contributed by atoms with Crippen molar-refractivity contribution in [3.05, 3.63) is 48.7 Å². The van der Waals surface area contributed by atoms with Gasteiger partial charge in [-0.3, -0.25) is 0 Å². The normalized spacial score (nSPS) is 11.3. The third kappa shape index (κ3) is 1.99. The number of ether oxygens (including phenoxy) is 3. The molecule has 2 heterocycles. The fourth-order valence-electron chi connectivity index (χ4n) is 3.11. The van der Waals surface area contributed by atoms with Gasteiger partial charge in [0.2, 0.25) is 0 Å². The lowest BCUT2D eigenvalue weighted by atomic mass is 10.1. The highest BCUT2D eigenvalue weighted by Gasteiger charge is 2.11. The largest absolute Gasteiger partial charge is 0.497 e. The zero-order chi connectivity index (χ0) is 16.0. The van der Waals surface area contributed by atoms with E-state index in [9.17, 15) is 0 Å². The van der Waals surface area contributed by atoms with E-state index in [1.165, 1.54) is 5.39 Å². The number of pyridine rings is 1. The topological polar surface area (TPSA) is 32.1 Å². The maximum absolute atomic E-state index is 5.45. The zero-order valence-corrected chi connectivity index (χ0v) is 13.3. The van der Waals surface area contributed by atoms with Crippen LogP contribution in [-0.4, -0.2) is 25.7 Å².